The molecule has 2 aromatic carbocycles. The Morgan fingerprint density at radius 2 is 1.75 bits per heavy atom. The second-order valence-corrected chi connectivity index (χ2v) is 6.66. The van der Waals surface area contributed by atoms with Gasteiger partial charge in [0.2, 0.25) is 0 Å². The fraction of sp³-hybridized carbons (Fsp3) is 0.273. The van der Waals surface area contributed by atoms with Gasteiger partial charge in [-0.25, -0.2) is 9.07 Å². The Hall–Kier alpha value is -3.15. The number of guanidine groups is 1. The normalized spacial score (nSPS) is 11.5. The Morgan fingerprint density at radius 3 is 2.43 bits per heavy atom. The third kappa shape index (κ3) is 4.76. The number of halogens is 1. The van der Waals surface area contributed by atoms with E-state index < -0.39 is 0 Å². The maximum absolute atomic E-state index is 13.7. The van der Waals surface area contributed by atoms with Crippen LogP contribution in [0.5, 0.6) is 0 Å². The molecule has 0 unspecified atom stereocenters. The summed E-state index contributed by atoms with van der Waals surface area (Å²) < 4.78 is 15.7. The van der Waals surface area contributed by atoms with Crippen molar-refractivity contribution in [2.75, 3.05) is 13.6 Å². The molecule has 3 aromatic rings. The number of rotatable bonds is 6. The molecule has 0 saturated carbocycles. The van der Waals surface area contributed by atoms with Gasteiger partial charge in [0.05, 0.1) is 11.4 Å². The molecule has 5 nitrogen and oxygen atoms in total. The molecule has 0 aliphatic carbocycles. The number of hydrogen-bond acceptors (Lipinski definition) is 2. The minimum atomic E-state index is -0.175. The van der Waals surface area contributed by atoms with Crippen LogP contribution in [0.25, 0.3) is 5.69 Å². The van der Waals surface area contributed by atoms with E-state index in [2.05, 4.69) is 38.9 Å². The van der Waals surface area contributed by atoms with Crippen LogP contribution < -0.4 is 10.6 Å². The lowest BCUT2D eigenvalue weighted by Crippen LogP contribution is -2.38. The summed E-state index contributed by atoms with van der Waals surface area (Å²) in [4.78, 5) is 4.26. The third-order valence-corrected chi connectivity index (χ3v) is 4.54. The second kappa shape index (κ2) is 9.17. The van der Waals surface area contributed by atoms with E-state index in [9.17, 15) is 4.39 Å². The quantitative estimate of drug-likeness (QED) is 0.509. The van der Waals surface area contributed by atoms with Crippen molar-refractivity contribution < 1.29 is 4.39 Å². The summed E-state index contributed by atoms with van der Waals surface area (Å²) in [5.74, 6) is 0.505. The summed E-state index contributed by atoms with van der Waals surface area (Å²) in [5.41, 5.74) is 4.94. The SMILES string of the molecule is CN=C(NCCc1ccccc1F)NCc1ccccc1-n1nc(C)cc1C. The molecule has 0 bridgehead atoms. The van der Waals surface area contributed by atoms with Gasteiger partial charge in [-0.2, -0.15) is 5.10 Å². The Morgan fingerprint density at radius 1 is 1.04 bits per heavy atom. The minimum Gasteiger partial charge on any atom is -0.356 e. The molecular formula is C22H26FN5. The number of hydrogen-bond donors (Lipinski definition) is 2. The first-order chi connectivity index (χ1) is 13.6. The fourth-order valence-corrected chi connectivity index (χ4v) is 3.16. The van der Waals surface area contributed by atoms with E-state index >= 15 is 0 Å². The van der Waals surface area contributed by atoms with Crippen LogP contribution in [0, 0.1) is 19.7 Å². The molecule has 0 aliphatic rings. The number of aryl methyl sites for hydroxylation is 2. The molecule has 1 heterocycles. The van der Waals surface area contributed by atoms with Gasteiger partial charge in [-0.05, 0) is 49.6 Å². The molecule has 0 amide bonds. The molecule has 3 rings (SSSR count). The van der Waals surface area contributed by atoms with Gasteiger partial charge in [-0.1, -0.05) is 36.4 Å². The number of aliphatic imine (C=N–C) groups is 1. The summed E-state index contributed by atoms with van der Waals surface area (Å²) >= 11 is 0. The first-order valence-electron chi connectivity index (χ1n) is 9.38. The standard InChI is InChI=1S/C22H26FN5/c1-16-14-17(2)28(27-16)21-11-7-5-9-19(21)15-26-22(24-3)25-13-12-18-8-4-6-10-20(18)23/h4-11,14H,12-13,15H2,1-3H3,(H2,24,25,26). The minimum absolute atomic E-state index is 0.175. The number of nitrogens with zero attached hydrogens (tertiary/aromatic N) is 3. The molecule has 146 valence electrons. The second-order valence-electron chi connectivity index (χ2n) is 6.66. The zero-order chi connectivity index (χ0) is 19.9. The summed E-state index contributed by atoms with van der Waals surface area (Å²) in [6.07, 6.45) is 0.593. The molecule has 28 heavy (non-hydrogen) atoms. The van der Waals surface area contributed by atoms with Crippen LogP contribution in [-0.2, 0) is 13.0 Å². The van der Waals surface area contributed by atoms with Crippen LogP contribution in [-0.4, -0.2) is 29.3 Å². The van der Waals surface area contributed by atoms with Gasteiger partial charge in [-0.15, -0.1) is 0 Å². The van der Waals surface area contributed by atoms with Crippen LogP contribution in [0.1, 0.15) is 22.5 Å². The summed E-state index contributed by atoms with van der Waals surface area (Å²) in [6.45, 7) is 5.24. The van der Waals surface area contributed by atoms with Gasteiger partial charge in [0.1, 0.15) is 5.82 Å². The topological polar surface area (TPSA) is 54.2 Å². The van der Waals surface area contributed by atoms with Crippen molar-refractivity contribution in [3.05, 3.63) is 82.9 Å². The van der Waals surface area contributed by atoms with E-state index in [4.69, 9.17) is 0 Å². The lowest BCUT2D eigenvalue weighted by Gasteiger charge is -2.15. The molecule has 2 N–H and O–H groups in total. The van der Waals surface area contributed by atoms with Gasteiger partial charge >= 0.3 is 0 Å². The van der Waals surface area contributed by atoms with E-state index in [1.165, 1.54) is 6.07 Å². The highest BCUT2D eigenvalue weighted by Crippen LogP contribution is 2.16. The Labute approximate surface area is 165 Å². The molecule has 0 saturated heterocycles. The maximum atomic E-state index is 13.7. The van der Waals surface area contributed by atoms with Gasteiger partial charge in [0, 0.05) is 25.8 Å². The monoisotopic (exact) mass is 379 g/mol. The van der Waals surface area contributed by atoms with E-state index in [0.717, 1.165) is 22.6 Å². The first kappa shape index (κ1) is 19.6. The van der Waals surface area contributed by atoms with Crippen LogP contribution >= 0.6 is 0 Å². The fourth-order valence-electron chi connectivity index (χ4n) is 3.16. The Kier molecular flexibility index (Phi) is 6.42. The van der Waals surface area contributed by atoms with Crippen molar-refractivity contribution in [2.45, 2.75) is 26.8 Å². The molecule has 0 radical (unpaired) electrons. The van der Waals surface area contributed by atoms with Gasteiger partial charge < -0.3 is 10.6 Å². The smallest absolute Gasteiger partial charge is 0.191 e. The number of benzene rings is 2. The lowest BCUT2D eigenvalue weighted by molar-refractivity contribution is 0.606. The highest BCUT2D eigenvalue weighted by molar-refractivity contribution is 5.79. The average molecular weight is 379 g/mol. The molecule has 1 aromatic heterocycles. The highest BCUT2D eigenvalue weighted by atomic mass is 19.1. The Bertz CT molecular complexity index is 961. The number of nitrogens with one attached hydrogen (secondary N) is 2. The van der Waals surface area contributed by atoms with Gasteiger partial charge in [0.15, 0.2) is 5.96 Å². The van der Waals surface area contributed by atoms with Gasteiger partial charge in [0.25, 0.3) is 0 Å². The van der Waals surface area contributed by atoms with E-state index in [0.29, 0.717) is 31.0 Å². The summed E-state index contributed by atoms with van der Waals surface area (Å²) in [6, 6.07) is 17.1. The predicted molar refractivity (Wildman–Crippen MR) is 111 cm³/mol. The zero-order valence-corrected chi connectivity index (χ0v) is 16.5. The van der Waals surface area contributed by atoms with Crippen molar-refractivity contribution in [3.63, 3.8) is 0 Å². The largest absolute Gasteiger partial charge is 0.356 e. The third-order valence-electron chi connectivity index (χ3n) is 4.54. The Balaban J connectivity index is 1.61. The predicted octanol–water partition coefficient (Wildman–Crippen LogP) is 3.54. The molecule has 0 aliphatic heterocycles. The molecule has 0 fully saturated rings. The molecule has 0 atom stereocenters. The van der Waals surface area contributed by atoms with E-state index in [-0.39, 0.29) is 5.82 Å². The number of aromatic nitrogens is 2. The van der Waals surface area contributed by atoms with Crippen LogP contribution in [0.2, 0.25) is 0 Å². The van der Waals surface area contributed by atoms with E-state index in [1.807, 2.05) is 36.7 Å². The first-order valence-corrected chi connectivity index (χ1v) is 9.38. The highest BCUT2D eigenvalue weighted by Gasteiger charge is 2.09. The number of para-hydroxylation sites is 1. The van der Waals surface area contributed by atoms with Crippen molar-refractivity contribution in [1.29, 1.82) is 0 Å². The van der Waals surface area contributed by atoms with Crippen molar-refractivity contribution in [3.8, 4) is 5.69 Å². The molecule has 6 heteroatoms. The van der Waals surface area contributed by atoms with E-state index in [1.54, 1.807) is 19.2 Å². The van der Waals surface area contributed by atoms with Crippen LogP contribution in [0.15, 0.2) is 59.6 Å². The molecular weight excluding hydrogens is 353 g/mol. The zero-order valence-electron chi connectivity index (χ0n) is 16.5. The van der Waals surface area contributed by atoms with Gasteiger partial charge in [-0.3, -0.25) is 4.99 Å². The summed E-state index contributed by atoms with van der Waals surface area (Å²) in [5, 5.41) is 11.2. The van der Waals surface area contributed by atoms with Crippen molar-refractivity contribution in [1.82, 2.24) is 20.4 Å². The average Bonchev–Trinajstić information content (AvgIpc) is 3.04. The van der Waals surface area contributed by atoms with Crippen molar-refractivity contribution >= 4 is 5.96 Å². The lowest BCUT2D eigenvalue weighted by atomic mass is 10.1. The summed E-state index contributed by atoms with van der Waals surface area (Å²) in [7, 11) is 1.73. The maximum Gasteiger partial charge on any atom is 0.191 e. The van der Waals surface area contributed by atoms with Crippen LogP contribution in [0.4, 0.5) is 4.39 Å². The van der Waals surface area contributed by atoms with Crippen molar-refractivity contribution in [2.24, 2.45) is 4.99 Å². The van der Waals surface area contributed by atoms with Crippen LogP contribution in [0.3, 0.4) is 0 Å². The molecule has 0 spiro atoms.